The molecule has 0 bridgehead atoms. The van der Waals surface area contributed by atoms with Crippen molar-refractivity contribution >= 4 is 41.1 Å². The molecule has 0 saturated heterocycles. The molecule has 0 radical (unpaired) electrons. The van der Waals surface area contributed by atoms with Gasteiger partial charge in [-0.05, 0) is 79.6 Å². The smallest absolute Gasteiger partial charge is 0.322 e. The van der Waals surface area contributed by atoms with Gasteiger partial charge in [-0.15, -0.1) is 0 Å². The Morgan fingerprint density at radius 2 is 1.63 bits per heavy atom. The van der Waals surface area contributed by atoms with Gasteiger partial charge in [-0.3, -0.25) is 19.2 Å². The van der Waals surface area contributed by atoms with E-state index in [4.69, 9.17) is 10.8 Å². The largest absolute Gasteiger partial charge is 0.480 e. The molecule has 0 aromatic heterocycles. The lowest BCUT2D eigenvalue weighted by Gasteiger charge is -2.28. The predicted molar refractivity (Wildman–Crippen MR) is 186 cm³/mol. The van der Waals surface area contributed by atoms with Crippen molar-refractivity contribution in [1.29, 1.82) is 0 Å². The van der Waals surface area contributed by atoms with E-state index in [0.29, 0.717) is 83.4 Å². The Labute approximate surface area is 287 Å². The highest BCUT2D eigenvalue weighted by atomic mass is 16.4. The van der Waals surface area contributed by atoms with Gasteiger partial charge < -0.3 is 36.6 Å². The second-order valence-corrected chi connectivity index (χ2v) is 13.0. The minimum atomic E-state index is -1.03. The molecule has 2 atom stereocenters. The first-order valence-corrected chi connectivity index (χ1v) is 17.2. The molecule has 0 fully saturated rings. The van der Waals surface area contributed by atoms with Crippen LogP contribution < -0.4 is 21.7 Å². The Morgan fingerprint density at radius 3 is 2.31 bits per heavy atom. The van der Waals surface area contributed by atoms with Gasteiger partial charge in [0.05, 0.1) is 5.71 Å². The van der Waals surface area contributed by atoms with Crippen molar-refractivity contribution in [1.82, 2.24) is 25.4 Å². The number of nitrogens with two attached hydrogens (primary N) is 1. The first-order chi connectivity index (χ1) is 23.5. The van der Waals surface area contributed by atoms with Gasteiger partial charge >= 0.3 is 12.0 Å². The molecule has 6 N–H and O–H groups in total. The van der Waals surface area contributed by atoms with Crippen LogP contribution in [0.1, 0.15) is 70.3 Å². The molecule has 266 valence electrons. The van der Waals surface area contributed by atoms with E-state index in [9.17, 15) is 24.0 Å². The van der Waals surface area contributed by atoms with E-state index in [-0.39, 0.29) is 42.5 Å². The first kappa shape index (κ1) is 37.1. The zero-order valence-corrected chi connectivity index (χ0v) is 28.6. The molecule has 3 aliphatic heterocycles. The Balaban J connectivity index is 1.11. The number of hydrazone groups is 1. The molecule has 1 aromatic carbocycles. The minimum absolute atomic E-state index is 0.0331. The van der Waals surface area contributed by atoms with Crippen LogP contribution in [0.4, 0.5) is 10.5 Å². The fourth-order valence-corrected chi connectivity index (χ4v) is 5.98. The fraction of sp³-hybridized carbons (Fsp3) is 0.543. The molecule has 3 aliphatic rings. The summed E-state index contributed by atoms with van der Waals surface area (Å²) < 4.78 is 0. The van der Waals surface area contributed by atoms with E-state index < -0.39 is 12.0 Å². The highest BCUT2D eigenvalue weighted by Gasteiger charge is 2.28. The maximum atomic E-state index is 12.9. The van der Waals surface area contributed by atoms with Gasteiger partial charge in [0, 0.05) is 77.2 Å². The molecule has 3 heterocycles. The Kier molecular flexibility index (Phi) is 13.7. The zero-order chi connectivity index (χ0) is 35.3. The summed E-state index contributed by atoms with van der Waals surface area (Å²) in [5.74, 6) is -1.37. The minimum Gasteiger partial charge on any atom is -0.480 e. The van der Waals surface area contributed by atoms with Crippen LogP contribution in [0, 0.1) is 5.92 Å². The number of urea groups is 1. The van der Waals surface area contributed by atoms with Crippen LogP contribution in [0.25, 0.3) is 0 Å². The van der Waals surface area contributed by atoms with E-state index in [1.54, 1.807) is 0 Å². The normalized spacial score (nSPS) is 17.9. The summed E-state index contributed by atoms with van der Waals surface area (Å²) in [5.41, 5.74) is 10.4. The van der Waals surface area contributed by atoms with E-state index >= 15 is 0 Å². The summed E-state index contributed by atoms with van der Waals surface area (Å²) in [4.78, 5) is 64.4. The second kappa shape index (κ2) is 18.2. The molecule has 4 rings (SSSR count). The number of amides is 5. The highest BCUT2D eigenvalue weighted by Crippen LogP contribution is 2.25. The quantitative estimate of drug-likeness (QED) is 0.155. The fourth-order valence-electron chi connectivity index (χ4n) is 5.98. The van der Waals surface area contributed by atoms with Gasteiger partial charge in [-0.2, -0.15) is 5.10 Å². The summed E-state index contributed by atoms with van der Waals surface area (Å²) in [6.07, 6.45) is 8.35. The zero-order valence-electron chi connectivity index (χ0n) is 28.6. The van der Waals surface area contributed by atoms with Crippen LogP contribution in [0.3, 0.4) is 0 Å². The van der Waals surface area contributed by atoms with E-state index in [0.717, 1.165) is 17.8 Å². The molecule has 0 spiro atoms. The SMILES string of the molecule is CC1CC(=O)N(CCCCNC(=O)CCCC(=O)NCCCC[C@H](N)C(=O)O)N=C1c1ccc(NC(=O)N2CC3=C(CN(C)C=C3)C2)cc1. The molecule has 1 aromatic rings. The number of benzene rings is 1. The number of anilines is 1. The summed E-state index contributed by atoms with van der Waals surface area (Å²) >= 11 is 0. The van der Waals surface area contributed by atoms with Gasteiger partial charge in [0.25, 0.3) is 0 Å². The van der Waals surface area contributed by atoms with Crippen LogP contribution in [0.15, 0.2) is 52.8 Å². The van der Waals surface area contributed by atoms with Gasteiger partial charge in [0.15, 0.2) is 0 Å². The molecule has 14 nitrogen and oxygen atoms in total. The molecule has 0 aliphatic carbocycles. The van der Waals surface area contributed by atoms with Crippen LogP contribution >= 0.6 is 0 Å². The number of carbonyl (C=O) groups is 5. The van der Waals surface area contributed by atoms with Crippen LogP contribution in [0.2, 0.25) is 0 Å². The van der Waals surface area contributed by atoms with Crippen molar-refractivity contribution < 1.29 is 29.1 Å². The van der Waals surface area contributed by atoms with E-state index in [1.165, 1.54) is 16.2 Å². The third-order valence-corrected chi connectivity index (χ3v) is 8.86. The average molecular weight is 679 g/mol. The molecule has 49 heavy (non-hydrogen) atoms. The number of carbonyl (C=O) groups excluding carboxylic acids is 4. The first-order valence-electron chi connectivity index (χ1n) is 17.2. The number of aliphatic carboxylic acids is 1. The van der Waals surface area contributed by atoms with Crippen LogP contribution in [-0.4, -0.2) is 108 Å². The number of rotatable bonds is 17. The Hall–Kier alpha value is -4.72. The lowest BCUT2D eigenvalue weighted by atomic mass is 9.93. The van der Waals surface area contributed by atoms with Crippen molar-refractivity contribution in [2.24, 2.45) is 16.8 Å². The lowest BCUT2D eigenvalue weighted by molar-refractivity contribution is -0.138. The van der Waals surface area contributed by atoms with E-state index in [1.807, 2.05) is 49.3 Å². The standard InChI is InChI=1S/C35H50N8O6/c1-24-20-32(46)43(18-6-5-17-38-31(45)10-7-9-30(44)37-16-4-3-8-29(36)34(47)48)40-33(24)25-11-13-28(14-12-25)39-35(49)42-22-26-15-19-41(2)21-27(26)23-42/h11-15,19,24,29H,3-10,16-18,20-23,36H2,1-2H3,(H,37,44)(H,38,45)(H,39,49)(H,47,48)/t24?,29-/m0/s1. The van der Waals surface area contributed by atoms with Gasteiger partial charge in [-0.1, -0.05) is 19.1 Å². The van der Waals surface area contributed by atoms with E-state index in [2.05, 4.69) is 32.0 Å². The number of nitrogens with one attached hydrogen (secondary N) is 3. The maximum absolute atomic E-state index is 12.9. The van der Waals surface area contributed by atoms with Crippen LogP contribution in [-0.2, 0) is 19.2 Å². The Morgan fingerprint density at radius 1 is 0.959 bits per heavy atom. The average Bonchev–Trinajstić information content (AvgIpc) is 3.49. The molecule has 5 amide bonds. The molecule has 14 heteroatoms. The number of likely N-dealkylation sites (N-methyl/N-ethyl adjacent to an activating group) is 1. The summed E-state index contributed by atoms with van der Waals surface area (Å²) in [7, 11) is 2.02. The Bertz CT molecular complexity index is 1460. The third kappa shape index (κ3) is 11.4. The van der Waals surface area contributed by atoms with Crippen molar-refractivity contribution in [2.45, 2.75) is 70.8 Å². The number of hydrogen-bond donors (Lipinski definition) is 5. The van der Waals surface area contributed by atoms with Crippen molar-refractivity contribution in [3.8, 4) is 0 Å². The third-order valence-electron chi connectivity index (χ3n) is 8.86. The van der Waals surface area contributed by atoms with Gasteiger partial charge in [-0.25, -0.2) is 9.80 Å². The highest BCUT2D eigenvalue weighted by molar-refractivity contribution is 6.06. The molecule has 1 unspecified atom stereocenters. The summed E-state index contributed by atoms with van der Waals surface area (Å²) in [5, 5.41) is 23.6. The summed E-state index contributed by atoms with van der Waals surface area (Å²) in [6.45, 7) is 5.41. The molecular formula is C35H50N8O6. The maximum Gasteiger partial charge on any atom is 0.322 e. The number of hydrogen-bond acceptors (Lipinski definition) is 8. The van der Waals surface area contributed by atoms with Gasteiger partial charge in [0.2, 0.25) is 17.7 Å². The number of carboxylic acids is 1. The number of unbranched alkanes of at least 4 members (excludes halogenated alkanes) is 2. The molecular weight excluding hydrogens is 628 g/mol. The summed E-state index contributed by atoms with van der Waals surface area (Å²) in [6, 6.07) is 6.55. The van der Waals surface area contributed by atoms with Crippen LogP contribution in [0.5, 0.6) is 0 Å². The number of carboxylic acid groups (broad SMARTS) is 1. The van der Waals surface area contributed by atoms with Crippen molar-refractivity contribution in [3.05, 3.63) is 53.3 Å². The lowest BCUT2D eigenvalue weighted by Crippen LogP contribution is -2.37. The van der Waals surface area contributed by atoms with Gasteiger partial charge in [0.1, 0.15) is 6.04 Å². The predicted octanol–water partition coefficient (Wildman–Crippen LogP) is 2.63. The molecule has 0 saturated carbocycles. The monoisotopic (exact) mass is 678 g/mol. The van der Waals surface area contributed by atoms with Crippen molar-refractivity contribution in [2.75, 3.05) is 51.6 Å². The van der Waals surface area contributed by atoms with Crippen molar-refractivity contribution in [3.63, 3.8) is 0 Å². The topological polar surface area (TPSA) is 190 Å². The number of nitrogens with zero attached hydrogens (tertiary/aromatic N) is 4. The second-order valence-electron chi connectivity index (χ2n) is 13.0.